The van der Waals surface area contributed by atoms with Crippen LogP contribution >= 0.6 is 24.0 Å². The van der Waals surface area contributed by atoms with Crippen molar-refractivity contribution in [3.8, 4) is 0 Å². The molecule has 6 heteroatoms. The zero-order chi connectivity index (χ0) is 13.5. The quantitative estimate of drug-likeness (QED) is 0.393. The van der Waals surface area contributed by atoms with E-state index in [0.29, 0.717) is 12.6 Å². The highest BCUT2D eigenvalue weighted by atomic mass is 127. The highest BCUT2D eigenvalue weighted by Crippen LogP contribution is 2.34. The molecule has 0 spiro atoms. The van der Waals surface area contributed by atoms with Gasteiger partial charge in [0.1, 0.15) is 0 Å². The smallest absolute Gasteiger partial charge is 0.191 e. The first-order valence-electron chi connectivity index (χ1n) is 6.71. The van der Waals surface area contributed by atoms with E-state index < -0.39 is 0 Å². The summed E-state index contributed by atoms with van der Waals surface area (Å²) in [6.07, 6.45) is 2.72. The van der Waals surface area contributed by atoms with Gasteiger partial charge in [0.05, 0.1) is 6.61 Å². The minimum absolute atomic E-state index is 0. The van der Waals surface area contributed by atoms with Crippen LogP contribution < -0.4 is 10.6 Å². The summed E-state index contributed by atoms with van der Waals surface area (Å²) in [5.74, 6) is 1.70. The van der Waals surface area contributed by atoms with Gasteiger partial charge in [0.25, 0.3) is 0 Å². The molecule has 1 aliphatic carbocycles. The van der Waals surface area contributed by atoms with Gasteiger partial charge < -0.3 is 20.3 Å². The zero-order valence-corrected chi connectivity index (χ0v) is 15.1. The fraction of sp³-hybridized carbons (Fsp3) is 0.923. The van der Waals surface area contributed by atoms with E-state index in [1.165, 1.54) is 12.8 Å². The van der Waals surface area contributed by atoms with Gasteiger partial charge in [-0.2, -0.15) is 0 Å². The maximum atomic E-state index is 5.11. The van der Waals surface area contributed by atoms with Crippen LogP contribution in [0.4, 0.5) is 0 Å². The average molecular weight is 384 g/mol. The lowest BCUT2D eigenvalue weighted by atomic mass is 10.1. The number of guanidine groups is 1. The predicted octanol–water partition coefficient (Wildman–Crippen LogP) is 1.14. The fourth-order valence-electron chi connectivity index (χ4n) is 2.17. The molecule has 2 unspecified atom stereocenters. The number of halogens is 1. The molecule has 0 aromatic heterocycles. The van der Waals surface area contributed by atoms with Crippen molar-refractivity contribution in [3.63, 3.8) is 0 Å². The number of nitrogens with zero attached hydrogens (tertiary/aromatic N) is 2. The molecule has 1 aliphatic rings. The Bertz CT molecular complexity index is 267. The molecular formula is C13H29IN4O. The highest BCUT2D eigenvalue weighted by molar-refractivity contribution is 14.0. The number of rotatable bonds is 7. The van der Waals surface area contributed by atoms with Crippen LogP contribution in [0.2, 0.25) is 0 Å². The van der Waals surface area contributed by atoms with Gasteiger partial charge in [-0.3, -0.25) is 4.99 Å². The van der Waals surface area contributed by atoms with E-state index in [1.54, 1.807) is 14.2 Å². The van der Waals surface area contributed by atoms with Crippen LogP contribution in [-0.2, 0) is 4.74 Å². The number of hydrogen-bond acceptors (Lipinski definition) is 3. The summed E-state index contributed by atoms with van der Waals surface area (Å²) in [5, 5.41) is 6.72. The van der Waals surface area contributed by atoms with Crippen molar-refractivity contribution in [1.29, 1.82) is 0 Å². The van der Waals surface area contributed by atoms with Crippen LogP contribution in [0.3, 0.4) is 0 Å². The third-order valence-electron chi connectivity index (χ3n) is 3.33. The fourth-order valence-corrected chi connectivity index (χ4v) is 2.17. The second-order valence-electron chi connectivity index (χ2n) is 5.32. The molecule has 1 rings (SSSR count). The maximum absolute atomic E-state index is 5.11. The molecular weight excluding hydrogens is 355 g/mol. The second-order valence-corrected chi connectivity index (χ2v) is 5.32. The van der Waals surface area contributed by atoms with E-state index in [-0.39, 0.29) is 30.0 Å². The van der Waals surface area contributed by atoms with Crippen LogP contribution in [0.1, 0.15) is 19.8 Å². The average Bonchev–Trinajstić information content (AvgIpc) is 3.12. The van der Waals surface area contributed by atoms with Crippen LogP contribution in [0, 0.1) is 5.92 Å². The van der Waals surface area contributed by atoms with Gasteiger partial charge in [0, 0.05) is 32.8 Å². The molecule has 0 aromatic carbocycles. The summed E-state index contributed by atoms with van der Waals surface area (Å²) in [6.45, 7) is 3.71. The minimum atomic E-state index is 0. The van der Waals surface area contributed by atoms with E-state index in [4.69, 9.17) is 4.74 Å². The van der Waals surface area contributed by atoms with Crippen molar-refractivity contribution in [2.45, 2.75) is 31.8 Å². The first-order valence-corrected chi connectivity index (χ1v) is 6.71. The monoisotopic (exact) mass is 384 g/mol. The lowest BCUT2D eigenvalue weighted by Crippen LogP contribution is -2.48. The first kappa shape index (κ1) is 18.9. The van der Waals surface area contributed by atoms with Gasteiger partial charge in [-0.15, -0.1) is 24.0 Å². The van der Waals surface area contributed by atoms with E-state index in [9.17, 15) is 0 Å². The van der Waals surface area contributed by atoms with Gasteiger partial charge in [0.2, 0.25) is 0 Å². The Morgan fingerprint density at radius 1 is 1.42 bits per heavy atom. The zero-order valence-electron chi connectivity index (χ0n) is 12.8. The van der Waals surface area contributed by atoms with Crippen LogP contribution in [0.25, 0.3) is 0 Å². The van der Waals surface area contributed by atoms with Crippen molar-refractivity contribution < 1.29 is 4.74 Å². The van der Waals surface area contributed by atoms with Gasteiger partial charge in [-0.05, 0) is 39.8 Å². The molecule has 0 bridgehead atoms. The first-order chi connectivity index (χ1) is 8.58. The minimum Gasteiger partial charge on any atom is -0.383 e. The molecule has 5 nitrogen and oxygen atoms in total. The molecule has 19 heavy (non-hydrogen) atoms. The van der Waals surface area contributed by atoms with Gasteiger partial charge in [0.15, 0.2) is 5.96 Å². The Kier molecular flexibility index (Phi) is 9.72. The summed E-state index contributed by atoms with van der Waals surface area (Å²) in [4.78, 5) is 6.54. The third kappa shape index (κ3) is 7.31. The van der Waals surface area contributed by atoms with E-state index in [2.05, 4.69) is 41.5 Å². The van der Waals surface area contributed by atoms with E-state index in [0.717, 1.165) is 18.4 Å². The van der Waals surface area contributed by atoms with E-state index in [1.807, 2.05) is 0 Å². The van der Waals surface area contributed by atoms with Crippen LogP contribution in [0.5, 0.6) is 0 Å². The summed E-state index contributed by atoms with van der Waals surface area (Å²) in [7, 11) is 7.81. The second kappa shape index (κ2) is 9.77. The number of aliphatic imine (C=N–C) groups is 1. The molecule has 0 radical (unpaired) electrons. The van der Waals surface area contributed by atoms with Crippen molar-refractivity contribution in [2.24, 2.45) is 10.9 Å². The summed E-state index contributed by atoms with van der Waals surface area (Å²) < 4.78 is 5.11. The van der Waals surface area contributed by atoms with Crippen LogP contribution in [-0.4, -0.2) is 64.3 Å². The summed E-state index contributed by atoms with van der Waals surface area (Å²) >= 11 is 0. The molecule has 1 saturated carbocycles. The number of hydrogen-bond donors (Lipinski definition) is 2. The topological polar surface area (TPSA) is 48.9 Å². The number of ether oxygens (including phenoxy) is 1. The Morgan fingerprint density at radius 2 is 2.05 bits per heavy atom. The number of likely N-dealkylation sites (N-methyl/N-ethyl adjacent to an activating group) is 1. The lowest BCUT2D eigenvalue weighted by Gasteiger charge is -2.26. The molecule has 0 aliphatic heterocycles. The molecule has 2 atom stereocenters. The van der Waals surface area contributed by atoms with Crippen molar-refractivity contribution in [3.05, 3.63) is 0 Å². The Morgan fingerprint density at radius 3 is 2.47 bits per heavy atom. The Hall–Kier alpha value is -0.0800. The predicted molar refractivity (Wildman–Crippen MR) is 91.4 cm³/mol. The number of nitrogens with one attached hydrogen (secondary N) is 2. The molecule has 0 saturated heterocycles. The standard InChI is InChI=1S/C13H28N4O.HI/c1-10(9-18-5)16-13(14-2)15-8-12(17(3)4)11-6-7-11;/h10-12H,6-9H2,1-5H3,(H2,14,15,16);1H. The normalized spacial score (nSPS) is 18.7. The Balaban J connectivity index is 0.00000324. The summed E-state index contributed by atoms with van der Waals surface area (Å²) in [5.41, 5.74) is 0. The maximum Gasteiger partial charge on any atom is 0.191 e. The Labute approximate surface area is 134 Å². The lowest BCUT2D eigenvalue weighted by molar-refractivity contribution is 0.178. The van der Waals surface area contributed by atoms with Crippen molar-refractivity contribution >= 4 is 29.9 Å². The van der Waals surface area contributed by atoms with E-state index >= 15 is 0 Å². The van der Waals surface area contributed by atoms with Crippen LogP contribution in [0.15, 0.2) is 4.99 Å². The van der Waals surface area contributed by atoms with Crippen molar-refractivity contribution in [1.82, 2.24) is 15.5 Å². The van der Waals surface area contributed by atoms with Gasteiger partial charge in [-0.25, -0.2) is 0 Å². The molecule has 0 heterocycles. The molecule has 114 valence electrons. The largest absolute Gasteiger partial charge is 0.383 e. The molecule has 1 fully saturated rings. The summed E-state index contributed by atoms with van der Waals surface area (Å²) in [6, 6.07) is 0.862. The number of methoxy groups -OCH3 is 1. The molecule has 0 aromatic rings. The molecule has 2 N–H and O–H groups in total. The molecule has 0 amide bonds. The van der Waals surface area contributed by atoms with Gasteiger partial charge in [-0.1, -0.05) is 0 Å². The van der Waals surface area contributed by atoms with Gasteiger partial charge >= 0.3 is 0 Å². The third-order valence-corrected chi connectivity index (χ3v) is 3.33. The van der Waals surface area contributed by atoms with Crippen molar-refractivity contribution in [2.75, 3.05) is 41.4 Å². The highest BCUT2D eigenvalue weighted by Gasteiger charge is 2.32. The SMILES string of the molecule is CN=C(NCC(C1CC1)N(C)C)NC(C)COC.I.